The van der Waals surface area contributed by atoms with Crippen LogP contribution in [0.5, 0.6) is 0 Å². The molecule has 2 N–H and O–H groups in total. The van der Waals surface area contributed by atoms with Crippen LogP contribution in [0.1, 0.15) is 44.9 Å². The Morgan fingerprint density at radius 1 is 1.33 bits per heavy atom. The van der Waals surface area contributed by atoms with Gasteiger partial charge in [-0.25, -0.2) is 0 Å². The quantitative estimate of drug-likeness (QED) is 0.873. The maximum atomic E-state index is 6.39. The number of rotatable bonds is 4. The molecule has 2 nitrogen and oxygen atoms in total. The molecular formula is C17H29ClN2S. The van der Waals surface area contributed by atoms with E-state index in [0.29, 0.717) is 17.4 Å². The van der Waals surface area contributed by atoms with Gasteiger partial charge in [-0.05, 0) is 55.7 Å². The van der Waals surface area contributed by atoms with Crippen molar-refractivity contribution in [2.45, 2.75) is 52.6 Å². The lowest BCUT2D eigenvalue weighted by Crippen LogP contribution is -2.44. The van der Waals surface area contributed by atoms with Crippen LogP contribution in [0.4, 0.5) is 0 Å². The van der Waals surface area contributed by atoms with Crippen LogP contribution in [0, 0.1) is 17.3 Å². The highest BCUT2D eigenvalue weighted by Gasteiger charge is 2.34. The highest BCUT2D eigenvalue weighted by atomic mass is 35.5. The summed E-state index contributed by atoms with van der Waals surface area (Å²) in [5, 5.41) is 0. The number of hydrogen-bond donors (Lipinski definition) is 1. The predicted octanol–water partition coefficient (Wildman–Crippen LogP) is 4.62. The van der Waals surface area contributed by atoms with Gasteiger partial charge in [0.1, 0.15) is 0 Å². The summed E-state index contributed by atoms with van der Waals surface area (Å²) in [5.41, 5.74) is 6.79. The Bertz CT molecular complexity index is 452. The Kier molecular flexibility index (Phi) is 5.75. The summed E-state index contributed by atoms with van der Waals surface area (Å²) in [6, 6.07) is 4.47. The second-order valence-corrected chi connectivity index (χ2v) is 9.50. The Labute approximate surface area is 138 Å². The maximum Gasteiger partial charge on any atom is 0.0931 e. The van der Waals surface area contributed by atoms with Crippen LogP contribution >= 0.6 is 22.9 Å². The lowest BCUT2D eigenvalue weighted by molar-refractivity contribution is 0.104. The number of nitrogens with two attached hydrogens (primary N) is 1. The van der Waals surface area contributed by atoms with E-state index >= 15 is 0 Å². The van der Waals surface area contributed by atoms with Gasteiger partial charge in [0.15, 0.2) is 0 Å². The molecule has 120 valence electrons. The van der Waals surface area contributed by atoms with Crippen LogP contribution in [0.2, 0.25) is 4.34 Å². The van der Waals surface area contributed by atoms with Crippen molar-refractivity contribution in [2.75, 3.05) is 13.6 Å². The number of halogens is 1. The van der Waals surface area contributed by atoms with Gasteiger partial charge < -0.3 is 10.6 Å². The summed E-state index contributed by atoms with van der Waals surface area (Å²) in [6.07, 6.45) is 3.72. The standard InChI is InChI=1S/C17H29ClN2S/c1-17(2,3)13-5-7-15(19)12(9-13)10-20(4)11-14-6-8-16(18)21-14/h6,8,12-13,15H,5,7,9-11,19H2,1-4H3. The van der Waals surface area contributed by atoms with Crippen LogP contribution in [-0.4, -0.2) is 24.5 Å². The minimum atomic E-state index is 0.359. The smallest absolute Gasteiger partial charge is 0.0931 e. The molecule has 21 heavy (non-hydrogen) atoms. The molecule has 3 atom stereocenters. The van der Waals surface area contributed by atoms with Gasteiger partial charge in [-0.3, -0.25) is 0 Å². The third kappa shape index (κ3) is 4.95. The summed E-state index contributed by atoms with van der Waals surface area (Å²) < 4.78 is 0.876. The second-order valence-electron chi connectivity index (χ2n) is 7.70. The van der Waals surface area contributed by atoms with Crippen LogP contribution in [0.15, 0.2) is 12.1 Å². The Morgan fingerprint density at radius 3 is 2.62 bits per heavy atom. The number of nitrogens with zero attached hydrogens (tertiary/aromatic N) is 1. The zero-order valence-corrected chi connectivity index (χ0v) is 15.3. The third-order valence-corrected chi connectivity index (χ3v) is 6.08. The van der Waals surface area contributed by atoms with Gasteiger partial charge in [-0.2, -0.15) is 0 Å². The SMILES string of the molecule is CN(Cc1ccc(Cl)s1)CC1CC(C(C)(C)C)CCC1N. The molecule has 1 aromatic rings. The van der Waals surface area contributed by atoms with Crippen molar-refractivity contribution in [1.29, 1.82) is 0 Å². The molecule has 0 radical (unpaired) electrons. The van der Waals surface area contributed by atoms with E-state index in [0.717, 1.165) is 23.3 Å². The average Bonchev–Trinajstić information content (AvgIpc) is 2.76. The molecule has 4 heteroatoms. The summed E-state index contributed by atoms with van der Waals surface area (Å²) in [7, 11) is 2.20. The molecule has 1 saturated carbocycles. The summed E-state index contributed by atoms with van der Waals surface area (Å²) in [4.78, 5) is 3.73. The predicted molar refractivity (Wildman–Crippen MR) is 93.9 cm³/mol. The first-order chi connectivity index (χ1) is 9.75. The molecule has 0 aliphatic heterocycles. The first-order valence-corrected chi connectivity index (χ1v) is 9.13. The van der Waals surface area contributed by atoms with Crippen LogP contribution in [0.3, 0.4) is 0 Å². The third-order valence-electron chi connectivity index (χ3n) is 4.87. The van der Waals surface area contributed by atoms with Gasteiger partial charge in [-0.1, -0.05) is 32.4 Å². The zero-order chi connectivity index (χ0) is 15.6. The summed E-state index contributed by atoms with van der Waals surface area (Å²) >= 11 is 7.68. The lowest BCUT2D eigenvalue weighted by atomic mass is 9.67. The lowest BCUT2D eigenvalue weighted by Gasteiger charge is -2.41. The van der Waals surface area contributed by atoms with Gasteiger partial charge in [-0.15, -0.1) is 11.3 Å². The zero-order valence-electron chi connectivity index (χ0n) is 13.7. The van der Waals surface area contributed by atoms with E-state index in [9.17, 15) is 0 Å². The molecular weight excluding hydrogens is 300 g/mol. The van der Waals surface area contributed by atoms with Crippen LogP contribution in [0.25, 0.3) is 0 Å². The highest BCUT2D eigenvalue weighted by Crippen LogP contribution is 2.40. The van der Waals surface area contributed by atoms with Crippen molar-refractivity contribution in [3.63, 3.8) is 0 Å². The number of thiophene rings is 1. The monoisotopic (exact) mass is 328 g/mol. The highest BCUT2D eigenvalue weighted by molar-refractivity contribution is 7.16. The Morgan fingerprint density at radius 2 is 2.05 bits per heavy atom. The van der Waals surface area contributed by atoms with E-state index in [1.165, 1.54) is 24.1 Å². The average molecular weight is 329 g/mol. The molecule has 2 rings (SSSR count). The van der Waals surface area contributed by atoms with Crippen molar-refractivity contribution in [3.8, 4) is 0 Å². The second kappa shape index (κ2) is 6.99. The molecule has 0 spiro atoms. The Hall–Kier alpha value is -0.0900. The van der Waals surface area contributed by atoms with Gasteiger partial charge in [0.25, 0.3) is 0 Å². The van der Waals surface area contributed by atoms with Crippen molar-refractivity contribution in [1.82, 2.24) is 4.90 Å². The molecule has 1 aliphatic carbocycles. The first-order valence-electron chi connectivity index (χ1n) is 7.94. The molecule has 1 fully saturated rings. The fraction of sp³-hybridized carbons (Fsp3) is 0.765. The van der Waals surface area contributed by atoms with E-state index in [1.54, 1.807) is 11.3 Å². The van der Waals surface area contributed by atoms with Gasteiger partial charge in [0, 0.05) is 24.0 Å². The van der Waals surface area contributed by atoms with E-state index in [4.69, 9.17) is 17.3 Å². The van der Waals surface area contributed by atoms with Gasteiger partial charge >= 0.3 is 0 Å². The largest absolute Gasteiger partial charge is 0.327 e. The minimum absolute atomic E-state index is 0.359. The van der Waals surface area contributed by atoms with Gasteiger partial charge in [0.2, 0.25) is 0 Å². The van der Waals surface area contributed by atoms with Crippen molar-refractivity contribution in [3.05, 3.63) is 21.3 Å². The molecule has 0 aromatic carbocycles. The molecule has 0 bridgehead atoms. The van der Waals surface area contributed by atoms with Crippen molar-refractivity contribution in [2.24, 2.45) is 23.0 Å². The normalized spacial score (nSPS) is 27.3. The number of hydrogen-bond acceptors (Lipinski definition) is 3. The van der Waals surface area contributed by atoms with E-state index in [-0.39, 0.29) is 0 Å². The minimum Gasteiger partial charge on any atom is -0.327 e. The summed E-state index contributed by atoms with van der Waals surface area (Å²) in [6.45, 7) is 9.15. The molecule has 3 unspecified atom stereocenters. The van der Waals surface area contributed by atoms with Crippen LogP contribution in [-0.2, 0) is 6.54 Å². The fourth-order valence-corrected chi connectivity index (χ4v) is 4.62. The molecule has 1 heterocycles. The molecule has 1 aromatic heterocycles. The van der Waals surface area contributed by atoms with Gasteiger partial charge in [0.05, 0.1) is 4.34 Å². The molecule has 1 aliphatic rings. The van der Waals surface area contributed by atoms with Crippen molar-refractivity contribution < 1.29 is 0 Å². The fourth-order valence-electron chi connectivity index (χ4n) is 3.45. The van der Waals surface area contributed by atoms with Crippen molar-refractivity contribution >= 4 is 22.9 Å². The van der Waals surface area contributed by atoms with E-state index in [2.05, 4.69) is 38.8 Å². The first kappa shape index (κ1) is 17.3. The van der Waals surface area contributed by atoms with Crippen LogP contribution < -0.4 is 5.73 Å². The van der Waals surface area contributed by atoms with E-state index in [1.807, 2.05) is 6.07 Å². The molecule has 0 amide bonds. The topological polar surface area (TPSA) is 29.3 Å². The summed E-state index contributed by atoms with van der Waals surface area (Å²) in [5.74, 6) is 1.41. The van der Waals surface area contributed by atoms with E-state index < -0.39 is 0 Å². The molecule has 0 saturated heterocycles. The maximum absolute atomic E-state index is 6.39. The Balaban J connectivity index is 1.90.